The average molecular weight is 241 g/mol. The summed E-state index contributed by atoms with van der Waals surface area (Å²) in [7, 11) is 1.44. The monoisotopic (exact) mass is 241 g/mol. The highest BCUT2D eigenvalue weighted by molar-refractivity contribution is 5.30. The van der Waals surface area contributed by atoms with Crippen molar-refractivity contribution in [3.63, 3.8) is 0 Å². The van der Waals surface area contributed by atoms with Crippen molar-refractivity contribution in [1.29, 1.82) is 0 Å². The highest BCUT2D eigenvalue weighted by Gasteiger charge is 2.22. The Morgan fingerprint density at radius 3 is 2.88 bits per heavy atom. The predicted octanol–water partition coefficient (Wildman–Crippen LogP) is 2.58. The molecule has 0 saturated carbocycles. The van der Waals surface area contributed by atoms with Crippen LogP contribution in [0.2, 0.25) is 0 Å². The van der Waals surface area contributed by atoms with Crippen molar-refractivity contribution in [1.82, 2.24) is 5.32 Å². The van der Waals surface area contributed by atoms with Crippen molar-refractivity contribution in [2.75, 3.05) is 20.2 Å². The smallest absolute Gasteiger partial charge is 0.135 e. The van der Waals surface area contributed by atoms with Gasteiger partial charge in [-0.3, -0.25) is 0 Å². The highest BCUT2D eigenvalue weighted by atomic mass is 19.1. The maximum atomic E-state index is 14.2. The second-order valence-electron chi connectivity index (χ2n) is 4.41. The molecule has 2 rings (SSSR count). The van der Waals surface area contributed by atoms with Crippen LogP contribution in [0.3, 0.4) is 0 Å². The van der Waals surface area contributed by atoms with E-state index < -0.39 is 11.6 Å². The minimum Gasteiger partial charge on any atom is -0.380 e. The van der Waals surface area contributed by atoms with Gasteiger partial charge >= 0.3 is 0 Å². The summed E-state index contributed by atoms with van der Waals surface area (Å²) < 4.78 is 32.4. The van der Waals surface area contributed by atoms with Gasteiger partial charge in [0.15, 0.2) is 0 Å². The van der Waals surface area contributed by atoms with Gasteiger partial charge < -0.3 is 10.1 Å². The molecule has 1 heterocycles. The fraction of sp³-hybridized carbons (Fsp3) is 0.538. The predicted molar refractivity (Wildman–Crippen MR) is 61.9 cm³/mol. The number of rotatable bonds is 3. The van der Waals surface area contributed by atoms with Gasteiger partial charge in [-0.25, -0.2) is 8.78 Å². The van der Waals surface area contributed by atoms with Gasteiger partial charge in [-0.2, -0.15) is 0 Å². The van der Waals surface area contributed by atoms with Gasteiger partial charge in [-0.05, 0) is 36.9 Å². The first kappa shape index (κ1) is 12.5. The highest BCUT2D eigenvalue weighted by Crippen LogP contribution is 2.28. The summed E-state index contributed by atoms with van der Waals surface area (Å²) >= 11 is 0. The molecule has 94 valence electrons. The number of hydrogen-bond acceptors (Lipinski definition) is 2. The zero-order valence-electron chi connectivity index (χ0n) is 9.93. The normalized spacial score (nSPS) is 20.5. The van der Waals surface area contributed by atoms with Crippen molar-refractivity contribution in [3.05, 3.63) is 34.9 Å². The number of piperidine rings is 1. The first-order chi connectivity index (χ1) is 8.24. The number of benzene rings is 1. The Hall–Kier alpha value is -1.00. The van der Waals surface area contributed by atoms with Gasteiger partial charge in [0.25, 0.3) is 0 Å². The summed E-state index contributed by atoms with van der Waals surface area (Å²) in [6, 6.07) is 2.89. The van der Waals surface area contributed by atoms with Crippen LogP contribution >= 0.6 is 0 Å². The zero-order chi connectivity index (χ0) is 12.3. The van der Waals surface area contributed by atoms with Crippen LogP contribution in [-0.2, 0) is 11.3 Å². The molecule has 1 atom stereocenters. The minimum absolute atomic E-state index is 0.0222. The summed E-state index contributed by atoms with van der Waals surface area (Å²) in [5.41, 5.74) is 0.640. The van der Waals surface area contributed by atoms with Crippen molar-refractivity contribution in [2.24, 2.45) is 0 Å². The van der Waals surface area contributed by atoms with Crippen LogP contribution in [0.4, 0.5) is 8.78 Å². The van der Waals surface area contributed by atoms with Crippen LogP contribution in [0.1, 0.15) is 29.9 Å². The fourth-order valence-corrected chi connectivity index (χ4v) is 2.32. The van der Waals surface area contributed by atoms with Gasteiger partial charge in [-0.15, -0.1) is 0 Å². The van der Waals surface area contributed by atoms with Crippen molar-refractivity contribution >= 4 is 0 Å². The molecule has 2 nitrogen and oxygen atoms in total. The quantitative estimate of drug-likeness (QED) is 0.878. The molecule has 4 heteroatoms. The van der Waals surface area contributed by atoms with E-state index in [0.717, 1.165) is 25.9 Å². The van der Waals surface area contributed by atoms with Crippen LogP contribution in [0.25, 0.3) is 0 Å². The lowest BCUT2D eigenvalue weighted by Gasteiger charge is -2.24. The van der Waals surface area contributed by atoms with E-state index in [4.69, 9.17) is 4.74 Å². The number of hydrogen-bond donors (Lipinski definition) is 1. The third-order valence-corrected chi connectivity index (χ3v) is 3.24. The van der Waals surface area contributed by atoms with Crippen molar-refractivity contribution in [3.8, 4) is 0 Å². The molecule has 0 spiro atoms. The maximum absolute atomic E-state index is 14.2. The molecule has 17 heavy (non-hydrogen) atoms. The molecule has 1 aromatic carbocycles. The third kappa shape index (κ3) is 2.64. The zero-order valence-corrected chi connectivity index (χ0v) is 9.93. The van der Waals surface area contributed by atoms with Gasteiger partial charge in [0.2, 0.25) is 0 Å². The molecule has 0 aliphatic carbocycles. The number of halogens is 2. The fourth-order valence-electron chi connectivity index (χ4n) is 2.32. The van der Waals surface area contributed by atoms with E-state index in [-0.39, 0.29) is 18.1 Å². The van der Waals surface area contributed by atoms with E-state index in [1.165, 1.54) is 13.2 Å². The van der Waals surface area contributed by atoms with Crippen LogP contribution in [0.5, 0.6) is 0 Å². The largest absolute Gasteiger partial charge is 0.380 e. The minimum atomic E-state index is -0.531. The van der Waals surface area contributed by atoms with E-state index in [9.17, 15) is 8.78 Å². The lowest BCUT2D eigenvalue weighted by Crippen LogP contribution is -2.29. The standard InChI is InChI=1S/C13H17F2NO/c1-17-8-11-12(14)5-4-10(13(11)15)9-3-2-6-16-7-9/h4-5,9,16H,2-3,6-8H2,1H3. The van der Waals surface area contributed by atoms with Gasteiger partial charge in [-0.1, -0.05) is 6.07 Å². The molecule has 1 aliphatic rings. The van der Waals surface area contributed by atoms with Crippen LogP contribution < -0.4 is 5.32 Å². The van der Waals surface area contributed by atoms with Crippen LogP contribution in [0, 0.1) is 11.6 Å². The molecular formula is C13H17F2NO. The number of methoxy groups -OCH3 is 1. The summed E-state index contributed by atoms with van der Waals surface area (Å²) in [6.45, 7) is 1.71. The average Bonchev–Trinajstić information content (AvgIpc) is 2.36. The Balaban J connectivity index is 2.30. The van der Waals surface area contributed by atoms with E-state index in [0.29, 0.717) is 5.56 Å². The molecule has 1 aromatic rings. The summed E-state index contributed by atoms with van der Waals surface area (Å²) in [6.07, 6.45) is 1.98. The first-order valence-corrected chi connectivity index (χ1v) is 5.90. The molecule has 1 unspecified atom stereocenters. The number of ether oxygens (including phenoxy) is 1. The lowest BCUT2D eigenvalue weighted by atomic mass is 9.90. The second kappa shape index (κ2) is 5.56. The number of nitrogens with one attached hydrogen (secondary N) is 1. The van der Waals surface area contributed by atoms with Crippen LogP contribution in [-0.4, -0.2) is 20.2 Å². The third-order valence-electron chi connectivity index (χ3n) is 3.24. The Labute approximate surface area is 100.0 Å². The molecule has 1 saturated heterocycles. The Kier molecular flexibility index (Phi) is 4.07. The van der Waals surface area contributed by atoms with Crippen molar-refractivity contribution < 1.29 is 13.5 Å². The van der Waals surface area contributed by atoms with Gasteiger partial charge in [0, 0.05) is 19.2 Å². The molecule has 0 amide bonds. The van der Waals surface area contributed by atoms with E-state index >= 15 is 0 Å². The summed E-state index contributed by atoms with van der Waals surface area (Å²) in [5.74, 6) is -0.836. The molecule has 1 aliphatic heterocycles. The van der Waals surface area contributed by atoms with E-state index in [2.05, 4.69) is 5.32 Å². The molecule has 0 bridgehead atoms. The Bertz CT molecular complexity index is 389. The molecule has 1 fully saturated rings. The maximum Gasteiger partial charge on any atom is 0.135 e. The topological polar surface area (TPSA) is 21.3 Å². The lowest BCUT2D eigenvalue weighted by molar-refractivity contribution is 0.177. The van der Waals surface area contributed by atoms with E-state index in [1.54, 1.807) is 6.07 Å². The Morgan fingerprint density at radius 2 is 2.24 bits per heavy atom. The summed E-state index contributed by atoms with van der Waals surface area (Å²) in [4.78, 5) is 0. The summed E-state index contributed by atoms with van der Waals surface area (Å²) in [5, 5.41) is 3.23. The molecule has 1 N–H and O–H groups in total. The van der Waals surface area contributed by atoms with Crippen molar-refractivity contribution in [2.45, 2.75) is 25.4 Å². The Morgan fingerprint density at radius 1 is 1.41 bits per heavy atom. The molecular weight excluding hydrogens is 224 g/mol. The molecule has 0 radical (unpaired) electrons. The first-order valence-electron chi connectivity index (χ1n) is 5.90. The van der Waals surface area contributed by atoms with Crippen LogP contribution in [0.15, 0.2) is 12.1 Å². The SMILES string of the molecule is COCc1c(F)ccc(C2CCCNC2)c1F. The van der Waals surface area contributed by atoms with Gasteiger partial charge in [0.1, 0.15) is 11.6 Å². The molecule has 0 aromatic heterocycles. The second-order valence-corrected chi connectivity index (χ2v) is 4.41. The van der Waals surface area contributed by atoms with Gasteiger partial charge in [0.05, 0.1) is 6.61 Å². The van der Waals surface area contributed by atoms with E-state index in [1.807, 2.05) is 0 Å².